The van der Waals surface area contributed by atoms with Crippen molar-refractivity contribution in [3.8, 4) is 0 Å². The first-order valence-electron chi connectivity index (χ1n) is 9.96. The highest BCUT2D eigenvalue weighted by molar-refractivity contribution is 9.10. The Morgan fingerprint density at radius 1 is 0.938 bits per heavy atom. The van der Waals surface area contributed by atoms with Gasteiger partial charge in [0.15, 0.2) is 6.04 Å². The fourth-order valence-electron chi connectivity index (χ4n) is 3.55. The minimum Gasteiger partial charge on any atom is -0.467 e. The van der Waals surface area contributed by atoms with Gasteiger partial charge in [0.25, 0.3) is 0 Å². The Balaban J connectivity index is 0.00000289. The lowest BCUT2D eigenvalue weighted by Crippen LogP contribution is -2.25. The maximum Gasteiger partial charge on any atom is 0.330 e. The topological polar surface area (TPSA) is 51.5 Å². The number of aromatic nitrogens is 1. The molecule has 0 aliphatic rings. The summed E-state index contributed by atoms with van der Waals surface area (Å²) in [5.41, 5.74) is 4.44. The van der Waals surface area contributed by atoms with Crippen LogP contribution in [0.25, 0.3) is 10.9 Å². The van der Waals surface area contributed by atoms with Gasteiger partial charge < -0.3 is 4.74 Å². The molecule has 1 heterocycles. The number of methoxy groups -OCH3 is 1. The highest BCUT2D eigenvalue weighted by atomic mass is 79.9. The summed E-state index contributed by atoms with van der Waals surface area (Å²) in [7, 11) is 1.40. The van der Waals surface area contributed by atoms with Gasteiger partial charge >= 0.3 is 5.97 Å². The molecular formula is C26H23BrN2O2S. The second kappa shape index (κ2) is 11.1. The number of aliphatic imine (C=N–C) groups is 1. The number of fused-ring (bicyclic) bond motifs is 1. The lowest BCUT2D eigenvalue weighted by Gasteiger charge is -2.16. The average molecular weight is 507 g/mol. The highest BCUT2D eigenvalue weighted by Crippen LogP contribution is 2.27. The van der Waals surface area contributed by atoms with E-state index in [-0.39, 0.29) is 19.5 Å². The van der Waals surface area contributed by atoms with Gasteiger partial charge in [0.05, 0.1) is 18.3 Å². The van der Waals surface area contributed by atoms with Gasteiger partial charge in [0, 0.05) is 33.6 Å². The first kappa shape index (κ1) is 23.7. The number of carbonyl (C=O) groups is 1. The summed E-state index contributed by atoms with van der Waals surface area (Å²) >= 11 is 3.58. The zero-order valence-corrected chi connectivity index (χ0v) is 20.1. The molecule has 0 saturated heterocycles. The van der Waals surface area contributed by atoms with Gasteiger partial charge in [-0.05, 0) is 17.7 Å². The van der Waals surface area contributed by atoms with Crippen molar-refractivity contribution in [2.75, 3.05) is 7.11 Å². The van der Waals surface area contributed by atoms with Crippen molar-refractivity contribution in [2.24, 2.45) is 4.99 Å². The zero-order chi connectivity index (χ0) is 21.6. The van der Waals surface area contributed by atoms with Crippen LogP contribution in [0, 0.1) is 0 Å². The van der Waals surface area contributed by atoms with E-state index in [4.69, 9.17) is 9.73 Å². The molecule has 0 saturated carbocycles. The SMILES string of the molecule is COC(=O)[C@H](Cc1ccc(Br)c2cccnc12)N=C(c1ccccc1)c1ccccc1.S. The van der Waals surface area contributed by atoms with E-state index in [1.165, 1.54) is 7.11 Å². The summed E-state index contributed by atoms with van der Waals surface area (Å²) in [4.78, 5) is 22.2. The maximum absolute atomic E-state index is 12.8. The molecule has 4 rings (SSSR count). The fraction of sp³-hybridized carbons (Fsp3) is 0.115. The molecule has 0 fully saturated rings. The molecular weight excluding hydrogens is 484 g/mol. The monoisotopic (exact) mass is 506 g/mol. The zero-order valence-electron chi connectivity index (χ0n) is 17.5. The molecule has 0 bridgehead atoms. The van der Waals surface area contributed by atoms with Crippen LogP contribution < -0.4 is 0 Å². The molecule has 162 valence electrons. The molecule has 1 aromatic heterocycles. The Hall–Kier alpha value is -2.96. The molecule has 0 radical (unpaired) electrons. The Bertz CT molecular complexity index is 1190. The van der Waals surface area contributed by atoms with Crippen molar-refractivity contribution in [1.82, 2.24) is 4.98 Å². The van der Waals surface area contributed by atoms with E-state index in [1.54, 1.807) is 6.20 Å². The quantitative estimate of drug-likeness (QED) is 0.247. The third-order valence-corrected chi connectivity index (χ3v) is 5.76. The number of hydrogen-bond donors (Lipinski definition) is 0. The minimum atomic E-state index is -0.702. The molecule has 4 nitrogen and oxygen atoms in total. The molecule has 32 heavy (non-hydrogen) atoms. The van der Waals surface area contributed by atoms with E-state index in [0.717, 1.165) is 37.8 Å². The molecule has 0 unspecified atom stereocenters. The largest absolute Gasteiger partial charge is 0.467 e. The van der Waals surface area contributed by atoms with Gasteiger partial charge in [0.1, 0.15) is 0 Å². The smallest absolute Gasteiger partial charge is 0.330 e. The van der Waals surface area contributed by atoms with Crippen LogP contribution in [0.2, 0.25) is 0 Å². The average Bonchev–Trinajstić information content (AvgIpc) is 2.84. The molecule has 1 atom stereocenters. The number of esters is 1. The second-order valence-corrected chi connectivity index (χ2v) is 7.91. The van der Waals surface area contributed by atoms with Gasteiger partial charge in [-0.1, -0.05) is 88.7 Å². The van der Waals surface area contributed by atoms with Crippen LogP contribution in [0.15, 0.2) is 101 Å². The molecule has 0 spiro atoms. The molecule has 3 aromatic carbocycles. The van der Waals surface area contributed by atoms with Crippen molar-refractivity contribution < 1.29 is 9.53 Å². The molecule has 0 amide bonds. The van der Waals surface area contributed by atoms with Crippen LogP contribution in [0.4, 0.5) is 0 Å². The highest BCUT2D eigenvalue weighted by Gasteiger charge is 2.22. The molecule has 0 aliphatic carbocycles. The van der Waals surface area contributed by atoms with E-state index in [0.29, 0.717) is 6.42 Å². The molecule has 0 N–H and O–H groups in total. The van der Waals surface area contributed by atoms with Crippen molar-refractivity contribution in [3.05, 3.63) is 112 Å². The number of carbonyl (C=O) groups excluding carboxylic acids is 1. The first-order valence-corrected chi connectivity index (χ1v) is 10.7. The Labute approximate surface area is 203 Å². The van der Waals surface area contributed by atoms with Crippen molar-refractivity contribution in [3.63, 3.8) is 0 Å². The van der Waals surface area contributed by atoms with Crippen LogP contribution in [0.5, 0.6) is 0 Å². The first-order chi connectivity index (χ1) is 15.2. The van der Waals surface area contributed by atoms with Crippen LogP contribution >= 0.6 is 29.4 Å². The number of hydrogen-bond acceptors (Lipinski definition) is 4. The summed E-state index contributed by atoms with van der Waals surface area (Å²) in [5, 5.41) is 0.999. The van der Waals surface area contributed by atoms with Gasteiger partial charge in [-0.3, -0.25) is 9.98 Å². The lowest BCUT2D eigenvalue weighted by atomic mass is 9.99. The van der Waals surface area contributed by atoms with E-state index < -0.39 is 6.04 Å². The summed E-state index contributed by atoms with van der Waals surface area (Å²) in [6.45, 7) is 0. The number of ether oxygens (including phenoxy) is 1. The van der Waals surface area contributed by atoms with E-state index in [2.05, 4.69) is 20.9 Å². The Kier molecular flexibility index (Phi) is 8.20. The van der Waals surface area contributed by atoms with E-state index in [1.807, 2.05) is 84.9 Å². The Morgan fingerprint density at radius 3 is 2.16 bits per heavy atom. The van der Waals surface area contributed by atoms with Gasteiger partial charge in [0.2, 0.25) is 0 Å². The molecule has 0 aliphatic heterocycles. The predicted octanol–water partition coefficient (Wildman–Crippen LogP) is 5.73. The minimum absolute atomic E-state index is 0. The van der Waals surface area contributed by atoms with Crippen molar-refractivity contribution in [1.29, 1.82) is 0 Å². The van der Waals surface area contributed by atoms with Crippen LogP contribution in [-0.2, 0) is 16.0 Å². The standard InChI is InChI=1S/C26H21BrN2O2.H2S/c1-31-26(30)23(17-20-14-15-22(27)21-13-8-16-28-25(20)21)29-24(18-9-4-2-5-10-18)19-11-6-3-7-12-19;/h2-16,23H,17H2,1H3;1H2/t23-;/m0./s1. The van der Waals surface area contributed by atoms with E-state index >= 15 is 0 Å². The van der Waals surface area contributed by atoms with Crippen molar-refractivity contribution >= 4 is 52.0 Å². The maximum atomic E-state index is 12.8. The van der Waals surface area contributed by atoms with E-state index in [9.17, 15) is 4.79 Å². The summed E-state index contributed by atoms with van der Waals surface area (Å²) in [5.74, 6) is -0.378. The Morgan fingerprint density at radius 2 is 1.56 bits per heavy atom. The predicted molar refractivity (Wildman–Crippen MR) is 138 cm³/mol. The number of halogens is 1. The van der Waals surface area contributed by atoms with Crippen molar-refractivity contribution in [2.45, 2.75) is 12.5 Å². The third-order valence-electron chi connectivity index (χ3n) is 5.07. The van der Waals surface area contributed by atoms with Crippen LogP contribution in [-0.4, -0.2) is 29.8 Å². The van der Waals surface area contributed by atoms with Gasteiger partial charge in [-0.2, -0.15) is 13.5 Å². The third kappa shape index (κ3) is 5.26. The number of rotatable bonds is 6. The van der Waals surface area contributed by atoms with Crippen LogP contribution in [0.3, 0.4) is 0 Å². The molecule has 4 aromatic rings. The summed E-state index contributed by atoms with van der Waals surface area (Å²) in [6.07, 6.45) is 2.14. The fourth-order valence-corrected chi connectivity index (χ4v) is 4.00. The van der Waals surface area contributed by atoms with Gasteiger partial charge in [-0.25, -0.2) is 4.79 Å². The number of pyridine rings is 1. The lowest BCUT2D eigenvalue weighted by molar-refractivity contribution is -0.142. The molecule has 6 heteroatoms. The normalized spacial score (nSPS) is 11.3. The van der Waals surface area contributed by atoms with Crippen LogP contribution in [0.1, 0.15) is 16.7 Å². The van der Waals surface area contributed by atoms with Gasteiger partial charge in [-0.15, -0.1) is 0 Å². The second-order valence-electron chi connectivity index (χ2n) is 7.06. The summed E-state index contributed by atoms with van der Waals surface area (Å²) in [6, 6.07) is 26.9. The number of nitrogens with zero attached hydrogens (tertiary/aromatic N) is 2. The number of benzene rings is 3. The summed E-state index contributed by atoms with van der Waals surface area (Å²) < 4.78 is 6.08.